The molecule has 2 saturated heterocycles. The maximum Gasteiger partial charge on any atom is 0.266 e. The summed E-state index contributed by atoms with van der Waals surface area (Å²) >= 11 is 0. The Morgan fingerprint density at radius 3 is 2.95 bits per heavy atom. The first-order valence-corrected chi connectivity index (χ1v) is 7.72. The maximum absolute atomic E-state index is 12.4. The quantitative estimate of drug-likeness (QED) is 0.817. The summed E-state index contributed by atoms with van der Waals surface area (Å²) in [5.74, 6) is 1.58. The molecule has 0 spiro atoms. The van der Waals surface area contributed by atoms with Crippen LogP contribution in [0.4, 0.5) is 5.95 Å². The van der Waals surface area contributed by atoms with E-state index in [0.29, 0.717) is 31.6 Å². The molecule has 0 radical (unpaired) electrons. The van der Waals surface area contributed by atoms with Crippen molar-refractivity contribution in [3.05, 3.63) is 5.89 Å². The average Bonchev–Trinajstić information content (AvgIpc) is 3.14. The third-order valence-electron chi connectivity index (χ3n) is 4.13. The number of carbonyl (C=O) groups excluding carboxylic acids is 1. The first-order valence-electron chi connectivity index (χ1n) is 7.72. The fourth-order valence-electron chi connectivity index (χ4n) is 2.84. The Kier molecular flexibility index (Phi) is 4.38. The van der Waals surface area contributed by atoms with Crippen LogP contribution in [-0.4, -0.2) is 60.3 Å². The van der Waals surface area contributed by atoms with Crippen LogP contribution in [0.25, 0.3) is 0 Å². The molecule has 2 fully saturated rings. The van der Waals surface area contributed by atoms with Crippen molar-refractivity contribution < 1.29 is 14.1 Å². The molecule has 1 atom stereocenters. The zero-order valence-corrected chi connectivity index (χ0v) is 12.5. The lowest BCUT2D eigenvalue weighted by molar-refractivity contribution is -0.135. The van der Waals surface area contributed by atoms with Gasteiger partial charge in [0.05, 0.1) is 12.5 Å². The largest absolute Gasteiger partial charge is 0.381 e. The first kappa shape index (κ1) is 14.3. The van der Waals surface area contributed by atoms with E-state index in [-0.39, 0.29) is 11.8 Å². The van der Waals surface area contributed by atoms with E-state index in [2.05, 4.69) is 15.0 Å². The van der Waals surface area contributed by atoms with Gasteiger partial charge in [0, 0.05) is 39.2 Å². The number of hydrogen-bond donors (Lipinski definition) is 0. The second kappa shape index (κ2) is 6.43. The van der Waals surface area contributed by atoms with Gasteiger partial charge in [-0.3, -0.25) is 4.79 Å². The molecule has 1 aromatic heterocycles. The highest BCUT2D eigenvalue weighted by Gasteiger charge is 2.29. The Hall–Kier alpha value is -1.63. The van der Waals surface area contributed by atoms with Gasteiger partial charge in [-0.25, -0.2) is 0 Å². The van der Waals surface area contributed by atoms with Crippen LogP contribution in [0.15, 0.2) is 4.52 Å². The van der Waals surface area contributed by atoms with E-state index in [4.69, 9.17) is 9.26 Å². The Morgan fingerprint density at radius 1 is 1.33 bits per heavy atom. The highest BCUT2D eigenvalue weighted by Crippen LogP contribution is 2.18. The van der Waals surface area contributed by atoms with Gasteiger partial charge < -0.3 is 19.1 Å². The van der Waals surface area contributed by atoms with Crippen LogP contribution in [0.2, 0.25) is 0 Å². The molecule has 116 valence electrons. The predicted molar refractivity (Wildman–Crippen MR) is 76.0 cm³/mol. The number of carbonyl (C=O) groups is 1. The Bertz CT molecular complexity index is 484. The fraction of sp³-hybridized carbons (Fsp3) is 0.786. The maximum atomic E-state index is 12.4. The first-order chi connectivity index (χ1) is 10.3. The van der Waals surface area contributed by atoms with E-state index in [1.807, 2.05) is 11.8 Å². The molecule has 2 aliphatic heterocycles. The number of hydrogen-bond acceptors (Lipinski definition) is 6. The van der Waals surface area contributed by atoms with E-state index in [0.717, 1.165) is 38.9 Å². The van der Waals surface area contributed by atoms with Crippen molar-refractivity contribution >= 4 is 11.9 Å². The second-order valence-corrected chi connectivity index (χ2v) is 5.57. The number of nitrogens with zero attached hydrogens (tertiary/aromatic N) is 4. The smallest absolute Gasteiger partial charge is 0.266 e. The van der Waals surface area contributed by atoms with Crippen LogP contribution in [0.3, 0.4) is 0 Å². The molecule has 0 N–H and O–H groups in total. The van der Waals surface area contributed by atoms with E-state index in [9.17, 15) is 4.79 Å². The lowest BCUT2D eigenvalue weighted by Crippen LogP contribution is -2.39. The van der Waals surface area contributed by atoms with E-state index < -0.39 is 0 Å². The van der Waals surface area contributed by atoms with Gasteiger partial charge in [-0.2, -0.15) is 4.98 Å². The fourth-order valence-corrected chi connectivity index (χ4v) is 2.84. The summed E-state index contributed by atoms with van der Waals surface area (Å²) in [6.07, 6.45) is 2.52. The van der Waals surface area contributed by atoms with Crippen LogP contribution in [0, 0.1) is 5.92 Å². The molecular formula is C14H22N4O3. The van der Waals surface area contributed by atoms with Crippen molar-refractivity contribution in [2.75, 3.05) is 44.3 Å². The molecule has 3 rings (SSSR count). The van der Waals surface area contributed by atoms with Crippen molar-refractivity contribution in [3.8, 4) is 0 Å². The van der Waals surface area contributed by atoms with Crippen LogP contribution < -0.4 is 4.90 Å². The second-order valence-electron chi connectivity index (χ2n) is 5.57. The zero-order valence-electron chi connectivity index (χ0n) is 12.5. The minimum atomic E-state index is 0.0495. The Balaban J connectivity index is 1.59. The summed E-state index contributed by atoms with van der Waals surface area (Å²) in [5.41, 5.74) is 0. The topological polar surface area (TPSA) is 71.7 Å². The highest BCUT2D eigenvalue weighted by atomic mass is 16.5. The normalized spacial score (nSPS) is 23.4. The number of aryl methyl sites for hydroxylation is 1. The molecule has 1 unspecified atom stereocenters. The van der Waals surface area contributed by atoms with Crippen molar-refractivity contribution in [3.63, 3.8) is 0 Å². The minimum Gasteiger partial charge on any atom is -0.381 e. The zero-order chi connectivity index (χ0) is 14.7. The van der Waals surface area contributed by atoms with Crippen LogP contribution in [0.1, 0.15) is 25.7 Å². The number of ether oxygens (including phenoxy) is 1. The molecule has 7 nitrogen and oxygen atoms in total. The number of anilines is 1. The van der Waals surface area contributed by atoms with Gasteiger partial charge in [-0.1, -0.05) is 6.92 Å². The van der Waals surface area contributed by atoms with Gasteiger partial charge in [0.1, 0.15) is 0 Å². The summed E-state index contributed by atoms with van der Waals surface area (Å²) in [6, 6.07) is 0. The van der Waals surface area contributed by atoms with Gasteiger partial charge >= 0.3 is 0 Å². The van der Waals surface area contributed by atoms with Gasteiger partial charge in [0.2, 0.25) is 11.8 Å². The molecule has 1 amide bonds. The predicted octanol–water partition coefficient (Wildman–Crippen LogP) is 0.707. The lowest BCUT2D eigenvalue weighted by Gasteiger charge is -2.23. The molecule has 3 heterocycles. The number of amides is 1. The van der Waals surface area contributed by atoms with Crippen molar-refractivity contribution in [2.45, 2.75) is 26.2 Å². The monoisotopic (exact) mass is 294 g/mol. The molecule has 7 heteroatoms. The van der Waals surface area contributed by atoms with Gasteiger partial charge in [0.25, 0.3) is 5.95 Å². The number of aromatic nitrogens is 2. The third-order valence-corrected chi connectivity index (χ3v) is 4.13. The Labute approximate surface area is 124 Å². The summed E-state index contributed by atoms with van der Waals surface area (Å²) in [7, 11) is 0. The minimum absolute atomic E-state index is 0.0495. The van der Waals surface area contributed by atoms with Crippen molar-refractivity contribution in [1.29, 1.82) is 0 Å². The van der Waals surface area contributed by atoms with E-state index >= 15 is 0 Å². The Morgan fingerprint density at radius 2 is 2.24 bits per heavy atom. The van der Waals surface area contributed by atoms with Gasteiger partial charge in [-0.05, 0) is 18.0 Å². The molecule has 21 heavy (non-hydrogen) atoms. The van der Waals surface area contributed by atoms with Gasteiger partial charge in [0.15, 0.2) is 0 Å². The van der Waals surface area contributed by atoms with Crippen molar-refractivity contribution in [1.82, 2.24) is 15.0 Å². The molecular weight excluding hydrogens is 272 g/mol. The van der Waals surface area contributed by atoms with Crippen LogP contribution in [0.5, 0.6) is 0 Å². The van der Waals surface area contributed by atoms with Crippen LogP contribution >= 0.6 is 0 Å². The third kappa shape index (κ3) is 3.18. The molecule has 1 aromatic rings. The summed E-state index contributed by atoms with van der Waals surface area (Å²) in [6.45, 7) is 6.39. The standard InChI is InChI=1S/C14H22N4O3/c1-2-12-15-14(16-21-12)18-6-3-5-17(7-8-18)13(19)11-4-9-20-10-11/h11H,2-10H2,1H3. The highest BCUT2D eigenvalue weighted by molar-refractivity contribution is 5.79. The lowest BCUT2D eigenvalue weighted by atomic mass is 10.1. The number of rotatable bonds is 3. The molecule has 0 bridgehead atoms. The SMILES string of the molecule is CCc1nc(N2CCCN(C(=O)C3CCOC3)CC2)no1. The van der Waals surface area contributed by atoms with E-state index in [1.165, 1.54) is 0 Å². The van der Waals surface area contributed by atoms with E-state index in [1.54, 1.807) is 0 Å². The van der Waals surface area contributed by atoms with Crippen LogP contribution in [-0.2, 0) is 16.0 Å². The summed E-state index contributed by atoms with van der Waals surface area (Å²) < 4.78 is 10.5. The molecule has 2 aliphatic rings. The average molecular weight is 294 g/mol. The molecule has 0 aromatic carbocycles. The summed E-state index contributed by atoms with van der Waals surface area (Å²) in [5, 5.41) is 4.02. The molecule has 0 aliphatic carbocycles. The van der Waals surface area contributed by atoms with Gasteiger partial charge in [-0.15, -0.1) is 0 Å². The molecule has 0 saturated carbocycles. The van der Waals surface area contributed by atoms with Crippen molar-refractivity contribution in [2.24, 2.45) is 5.92 Å². The summed E-state index contributed by atoms with van der Waals surface area (Å²) in [4.78, 5) is 20.8.